The standard InChI is InChI=1S/C14H20N2O2/c1-10-9-12(16-5-3-15-4-6-16)14-13(11(10)2)17-7-8-18-14/h9,15H,3-8H2,1-2H3. The molecule has 4 heteroatoms. The zero-order valence-corrected chi connectivity index (χ0v) is 11.1. The summed E-state index contributed by atoms with van der Waals surface area (Å²) in [5.41, 5.74) is 3.66. The van der Waals surface area contributed by atoms with E-state index in [0.29, 0.717) is 13.2 Å². The lowest BCUT2D eigenvalue weighted by Gasteiger charge is -2.33. The van der Waals surface area contributed by atoms with Gasteiger partial charge in [-0.05, 0) is 31.0 Å². The van der Waals surface area contributed by atoms with Crippen LogP contribution in [0.4, 0.5) is 5.69 Å². The smallest absolute Gasteiger partial charge is 0.184 e. The molecular formula is C14H20N2O2. The number of nitrogens with one attached hydrogen (secondary N) is 1. The summed E-state index contributed by atoms with van der Waals surface area (Å²) >= 11 is 0. The van der Waals surface area contributed by atoms with Crippen LogP contribution in [0.25, 0.3) is 0 Å². The van der Waals surface area contributed by atoms with Crippen molar-refractivity contribution in [1.82, 2.24) is 5.32 Å². The van der Waals surface area contributed by atoms with E-state index in [1.54, 1.807) is 0 Å². The quantitative estimate of drug-likeness (QED) is 0.816. The van der Waals surface area contributed by atoms with E-state index in [-0.39, 0.29) is 0 Å². The highest BCUT2D eigenvalue weighted by Gasteiger charge is 2.24. The second-order valence-electron chi connectivity index (χ2n) is 4.93. The fourth-order valence-electron chi connectivity index (χ4n) is 2.59. The van der Waals surface area contributed by atoms with E-state index in [1.807, 2.05) is 0 Å². The third-order valence-corrected chi connectivity index (χ3v) is 3.76. The number of hydrogen-bond acceptors (Lipinski definition) is 4. The maximum absolute atomic E-state index is 5.86. The van der Waals surface area contributed by atoms with Gasteiger partial charge in [-0.3, -0.25) is 0 Å². The van der Waals surface area contributed by atoms with Crippen molar-refractivity contribution in [3.8, 4) is 11.5 Å². The Kier molecular flexibility index (Phi) is 3.04. The van der Waals surface area contributed by atoms with Crippen LogP contribution in [0, 0.1) is 13.8 Å². The summed E-state index contributed by atoms with van der Waals surface area (Å²) < 4.78 is 11.7. The molecule has 1 N–H and O–H groups in total. The molecule has 3 rings (SSSR count). The Hall–Kier alpha value is -1.42. The third kappa shape index (κ3) is 1.90. The Bertz CT molecular complexity index is 454. The van der Waals surface area contributed by atoms with Gasteiger partial charge in [-0.25, -0.2) is 0 Å². The monoisotopic (exact) mass is 248 g/mol. The Morgan fingerprint density at radius 2 is 1.72 bits per heavy atom. The van der Waals surface area contributed by atoms with Crippen LogP contribution >= 0.6 is 0 Å². The molecule has 2 aliphatic heterocycles. The van der Waals surface area contributed by atoms with Crippen LogP contribution in [0.5, 0.6) is 11.5 Å². The summed E-state index contributed by atoms with van der Waals surface area (Å²) in [6.45, 7) is 9.65. The van der Waals surface area contributed by atoms with Crippen molar-refractivity contribution in [2.75, 3.05) is 44.3 Å². The van der Waals surface area contributed by atoms with Gasteiger partial charge in [-0.15, -0.1) is 0 Å². The summed E-state index contributed by atoms with van der Waals surface area (Å²) in [6, 6.07) is 2.23. The fraction of sp³-hybridized carbons (Fsp3) is 0.571. The number of anilines is 1. The van der Waals surface area contributed by atoms with Crippen LogP contribution in [0.1, 0.15) is 11.1 Å². The molecular weight excluding hydrogens is 228 g/mol. The van der Waals surface area contributed by atoms with Crippen LogP contribution < -0.4 is 19.7 Å². The predicted molar refractivity (Wildman–Crippen MR) is 72.0 cm³/mol. The second kappa shape index (κ2) is 4.69. The molecule has 1 aromatic carbocycles. The molecule has 0 bridgehead atoms. The number of fused-ring (bicyclic) bond motifs is 1. The van der Waals surface area contributed by atoms with E-state index in [1.165, 1.54) is 16.8 Å². The van der Waals surface area contributed by atoms with Crippen molar-refractivity contribution < 1.29 is 9.47 Å². The summed E-state index contributed by atoms with van der Waals surface area (Å²) in [4.78, 5) is 2.39. The molecule has 2 heterocycles. The zero-order chi connectivity index (χ0) is 12.5. The Morgan fingerprint density at radius 3 is 2.44 bits per heavy atom. The summed E-state index contributed by atoms with van der Waals surface area (Å²) in [7, 11) is 0. The molecule has 2 aliphatic rings. The lowest BCUT2D eigenvalue weighted by atomic mass is 10.1. The molecule has 1 fully saturated rings. The normalized spacial score (nSPS) is 18.9. The van der Waals surface area contributed by atoms with Gasteiger partial charge in [0.2, 0.25) is 0 Å². The van der Waals surface area contributed by atoms with Crippen LogP contribution in [-0.4, -0.2) is 39.4 Å². The average molecular weight is 248 g/mol. The third-order valence-electron chi connectivity index (χ3n) is 3.76. The SMILES string of the molecule is Cc1cc(N2CCNCC2)c2c(c1C)OCCO2. The maximum atomic E-state index is 5.86. The Labute approximate surface area is 108 Å². The molecule has 0 unspecified atom stereocenters. The maximum Gasteiger partial charge on any atom is 0.184 e. The molecule has 0 spiro atoms. The highest BCUT2D eigenvalue weighted by molar-refractivity contribution is 5.69. The molecule has 0 atom stereocenters. The van der Waals surface area contributed by atoms with Crippen molar-refractivity contribution in [3.05, 3.63) is 17.2 Å². The van der Waals surface area contributed by atoms with Crippen molar-refractivity contribution in [2.45, 2.75) is 13.8 Å². The molecule has 0 radical (unpaired) electrons. The number of hydrogen-bond donors (Lipinski definition) is 1. The molecule has 1 saturated heterocycles. The first-order chi connectivity index (χ1) is 8.77. The molecule has 18 heavy (non-hydrogen) atoms. The molecule has 1 aromatic rings. The molecule has 0 aliphatic carbocycles. The Balaban J connectivity index is 2.05. The number of rotatable bonds is 1. The van der Waals surface area contributed by atoms with Gasteiger partial charge in [-0.1, -0.05) is 0 Å². The summed E-state index contributed by atoms with van der Waals surface area (Å²) in [6.07, 6.45) is 0. The first kappa shape index (κ1) is 11.7. The predicted octanol–water partition coefficient (Wildman–Crippen LogP) is 1.48. The molecule has 0 saturated carbocycles. The van der Waals surface area contributed by atoms with Gasteiger partial charge in [-0.2, -0.15) is 0 Å². The summed E-state index contributed by atoms with van der Waals surface area (Å²) in [5, 5.41) is 3.38. The number of benzene rings is 1. The van der Waals surface area contributed by atoms with Crippen molar-refractivity contribution in [2.24, 2.45) is 0 Å². The van der Waals surface area contributed by atoms with Crippen LogP contribution in [0.3, 0.4) is 0 Å². The number of nitrogens with zero attached hydrogens (tertiary/aromatic N) is 1. The van der Waals surface area contributed by atoms with E-state index in [9.17, 15) is 0 Å². The van der Waals surface area contributed by atoms with Crippen LogP contribution in [0.2, 0.25) is 0 Å². The average Bonchev–Trinajstić information content (AvgIpc) is 2.44. The highest BCUT2D eigenvalue weighted by Crippen LogP contribution is 2.43. The molecule has 0 aromatic heterocycles. The molecule has 98 valence electrons. The first-order valence-electron chi connectivity index (χ1n) is 6.63. The highest BCUT2D eigenvalue weighted by atomic mass is 16.6. The van der Waals surface area contributed by atoms with Crippen LogP contribution in [0.15, 0.2) is 6.07 Å². The summed E-state index contributed by atoms with van der Waals surface area (Å²) in [5.74, 6) is 1.88. The van der Waals surface area contributed by atoms with Crippen LogP contribution in [-0.2, 0) is 0 Å². The van der Waals surface area contributed by atoms with Crippen molar-refractivity contribution in [3.63, 3.8) is 0 Å². The molecule has 0 amide bonds. The largest absolute Gasteiger partial charge is 0.486 e. The lowest BCUT2D eigenvalue weighted by Crippen LogP contribution is -2.43. The van der Waals surface area contributed by atoms with E-state index in [0.717, 1.165) is 37.7 Å². The van der Waals surface area contributed by atoms with E-state index >= 15 is 0 Å². The number of ether oxygens (including phenoxy) is 2. The molecule has 4 nitrogen and oxygen atoms in total. The topological polar surface area (TPSA) is 33.7 Å². The van der Waals surface area contributed by atoms with Gasteiger partial charge in [0.25, 0.3) is 0 Å². The van der Waals surface area contributed by atoms with Gasteiger partial charge < -0.3 is 19.7 Å². The van der Waals surface area contributed by atoms with Gasteiger partial charge in [0.1, 0.15) is 13.2 Å². The van der Waals surface area contributed by atoms with Gasteiger partial charge in [0.15, 0.2) is 11.5 Å². The first-order valence-corrected chi connectivity index (χ1v) is 6.63. The van der Waals surface area contributed by atoms with Gasteiger partial charge in [0.05, 0.1) is 5.69 Å². The zero-order valence-electron chi connectivity index (χ0n) is 11.1. The van der Waals surface area contributed by atoms with Gasteiger partial charge in [0, 0.05) is 26.2 Å². The van der Waals surface area contributed by atoms with E-state index < -0.39 is 0 Å². The van der Waals surface area contributed by atoms with E-state index in [4.69, 9.17) is 9.47 Å². The lowest BCUT2D eigenvalue weighted by molar-refractivity contribution is 0.170. The fourth-order valence-corrected chi connectivity index (χ4v) is 2.59. The minimum atomic E-state index is 0.647. The number of aryl methyl sites for hydroxylation is 1. The van der Waals surface area contributed by atoms with Crippen molar-refractivity contribution >= 4 is 5.69 Å². The second-order valence-corrected chi connectivity index (χ2v) is 4.93. The van der Waals surface area contributed by atoms with E-state index in [2.05, 4.69) is 30.1 Å². The van der Waals surface area contributed by atoms with Gasteiger partial charge >= 0.3 is 0 Å². The van der Waals surface area contributed by atoms with Crippen molar-refractivity contribution in [1.29, 1.82) is 0 Å². The minimum Gasteiger partial charge on any atom is -0.486 e. The minimum absolute atomic E-state index is 0.647. The Morgan fingerprint density at radius 1 is 1.06 bits per heavy atom. The number of piperazine rings is 1.